The molecule has 0 radical (unpaired) electrons. The number of carbonyl (C=O) groups is 1. The van der Waals surface area contributed by atoms with E-state index in [4.69, 9.17) is 4.74 Å². The first kappa shape index (κ1) is 15.5. The van der Waals surface area contributed by atoms with Gasteiger partial charge < -0.3 is 4.74 Å². The standard InChI is InChI=1S/C20H21NO2/c1-2-23-20(22)19-18(14-13-16-9-5-3-6-10-16)21(19)15-17-11-7-4-8-12-17/h3-14,18-19H,2,15H2,1H3/b14-13+/t18-,19+,21?/m1/s1. The summed E-state index contributed by atoms with van der Waals surface area (Å²) < 4.78 is 5.20. The number of carbonyl (C=O) groups excluding carboxylic acids is 1. The van der Waals surface area contributed by atoms with Gasteiger partial charge in [0.05, 0.1) is 12.6 Å². The van der Waals surface area contributed by atoms with Crippen molar-refractivity contribution in [3.05, 3.63) is 77.9 Å². The lowest BCUT2D eigenvalue weighted by atomic mass is 10.2. The SMILES string of the molecule is CCOC(=O)[C@@H]1[C@@H](/C=C/c2ccccc2)N1Cc1ccccc1. The van der Waals surface area contributed by atoms with Crippen LogP contribution >= 0.6 is 0 Å². The van der Waals surface area contributed by atoms with Gasteiger partial charge in [0.2, 0.25) is 0 Å². The van der Waals surface area contributed by atoms with Crippen LogP contribution in [0.3, 0.4) is 0 Å². The number of benzene rings is 2. The van der Waals surface area contributed by atoms with Crippen molar-refractivity contribution >= 4 is 12.0 Å². The van der Waals surface area contributed by atoms with Crippen LogP contribution in [0.4, 0.5) is 0 Å². The Hall–Kier alpha value is -2.39. The summed E-state index contributed by atoms with van der Waals surface area (Å²) in [6.07, 6.45) is 4.17. The molecular formula is C20H21NO2. The van der Waals surface area contributed by atoms with Crippen molar-refractivity contribution in [2.75, 3.05) is 6.61 Å². The molecule has 3 heteroatoms. The minimum atomic E-state index is -0.171. The smallest absolute Gasteiger partial charge is 0.325 e. The number of rotatable bonds is 6. The average Bonchev–Trinajstić information content (AvgIpc) is 3.27. The number of esters is 1. The normalized spacial score (nSPS) is 22.9. The molecule has 23 heavy (non-hydrogen) atoms. The highest BCUT2D eigenvalue weighted by molar-refractivity contribution is 5.81. The summed E-state index contributed by atoms with van der Waals surface area (Å²) >= 11 is 0. The molecule has 3 rings (SSSR count). The van der Waals surface area contributed by atoms with Crippen LogP contribution in [-0.2, 0) is 16.1 Å². The highest BCUT2D eigenvalue weighted by atomic mass is 16.5. The summed E-state index contributed by atoms with van der Waals surface area (Å²) in [4.78, 5) is 14.3. The Balaban J connectivity index is 1.71. The molecule has 2 aromatic rings. The fourth-order valence-electron chi connectivity index (χ4n) is 2.79. The second-order valence-corrected chi connectivity index (χ2v) is 5.62. The van der Waals surface area contributed by atoms with Gasteiger partial charge in [0.25, 0.3) is 0 Å². The molecule has 1 unspecified atom stereocenters. The Labute approximate surface area is 137 Å². The van der Waals surface area contributed by atoms with Gasteiger partial charge in [0, 0.05) is 6.54 Å². The maximum atomic E-state index is 12.1. The summed E-state index contributed by atoms with van der Waals surface area (Å²) in [6, 6.07) is 20.3. The lowest BCUT2D eigenvalue weighted by Crippen LogP contribution is -2.16. The van der Waals surface area contributed by atoms with Crippen LogP contribution in [-0.4, -0.2) is 29.6 Å². The van der Waals surface area contributed by atoms with Crippen molar-refractivity contribution in [1.82, 2.24) is 4.90 Å². The van der Waals surface area contributed by atoms with Crippen LogP contribution in [0.1, 0.15) is 18.1 Å². The van der Waals surface area contributed by atoms with Gasteiger partial charge in [-0.1, -0.05) is 72.8 Å². The van der Waals surface area contributed by atoms with E-state index in [1.54, 1.807) is 0 Å². The van der Waals surface area contributed by atoms with Gasteiger partial charge in [-0.2, -0.15) is 0 Å². The van der Waals surface area contributed by atoms with Crippen LogP contribution in [0.25, 0.3) is 6.08 Å². The predicted octanol–water partition coefficient (Wildman–Crippen LogP) is 3.52. The van der Waals surface area contributed by atoms with Gasteiger partial charge in [-0.3, -0.25) is 9.69 Å². The molecule has 1 saturated heterocycles. The molecule has 118 valence electrons. The average molecular weight is 307 g/mol. The lowest BCUT2D eigenvalue weighted by Gasteiger charge is -2.03. The topological polar surface area (TPSA) is 29.3 Å². The molecule has 1 heterocycles. The molecule has 0 spiro atoms. The van der Waals surface area contributed by atoms with Gasteiger partial charge in [-0.25, -0.2) is 0 Å². The fraction of sp³-hybridized carbons (Fsp3) is 0.250. The molecule has 0 aliphatic carbocycles. The fourth-order valence-corrected chi connectivity index (χ4v) is 2.79. The predicted molar refractivity (Wildman–Crippen MR) is 91.7 cm³/mol. The highest BCUT2D eigenvalue weighted by Crippen LogP contribution is 2.33. The third-order valence-corrected chi connectivity index (χ3v) is 4.00. The minimum absolute atomic E-state index is 0.106. The summed E-state index contributed by atoms with van der Waals surface area (Å²) in [6.45, 7) is 3.02. The third-order valence-electron chi connectivity index (χ3n) is 4.00. The number of ether oxygens (including phenoxy) is 1. The second-order valence-electron chi connectivity index (χ2n) is 5.62. The second kappa shape index (κ2) is 7.25. The quantitative estimate of drug-likeness (QED) is 0.604. The van der Waals surface area contributed by atoms with Crippen LogP contribution in [0.15, 0.2) is 66.7 Å². The van der Waals surface area contributed by atoms with Crippen molar-refractivity contribution in [3.8, 4) is 0 Å². The Bertz CT molecular complexity index is 667. The highest BCUT2D eigenvalue weighted by Gasteiger charge is 2.51. The summed E-state index contributed by atoms with van der Waals surface area (Å²) in [7, 11) is 0. The van der Waals surface area contributed by atoms with E-state index in [-0.39, 0.29) is 18.1 Å². The Kier molecular flexibility index (Phi) is 4.89. The molecule has 0 bridgehead atoms. The van der Waals surface area contributed by atoms with Gasteiger partial charge >= 0.3 is 5.97 Å². The molecule has 3 atom stereocenters. The van der Waals surface area contributed by atoms with Crippen LogP contribution < -0.4 is 0 Å². The summed E-state index contributed by atoms with van der Waals surface area (Å²) in [5, 5.41) is 0. The van der Waals surface area contributed by atoms with E-state index in [2.05, 4.69) is 41.3 Å². The molecule has 3 nitrogen and oxygen atoms in total. The number of nitrogens with zero attached hydrogens (tertiary/aromatic N) is 1. The Morgan fingerprint density at radius 3 is 2.39 bits per heavy atom. The molecule has 0 saturated carbocycles. The largest absolute Gasteiger partial charge is 0.465 e. The van der Waals surface area contributed by atoms with Crippen molar-refractivity contribution in [1.29, 1.82) is 0 Å². The summed E-state index contributed by atoms with van der Waals surface area (Å²) in [5.74, 6) is -0.133. The monoisotopic (exact) mass is 307 g/mol. The first-order valence-electron chi connectivity index (χ1n) is 7.99. The molecule has 0 amide bonds. The molecule has 2 aromatic carbocycles. The van der Waals surface area contributed by atoms with Crippen molar-refractivity contribution in [2.24, 2.45) is 0 Å². The van der Waals surface area contributed by atoms with E-state index < -0.39 is 0 Å². The van der Waals surface area contributed by atoms with Crippen molar-refractivity contribution in [3.63, 3.8) is 0 Å². The summed E-state index contributed by atoms with van der Waals surface area (Å²) in [5.41, 5.74) is 2.35. The minimum Gasteiger partial charge on any atom is -0.465 e. The van der Waals surface area contributed by atoms with E-state index in [9.17, 15) is 4.79 Å². The van der Waals surface area contributed by atoms with Crippen LogP contribution in [0.5, 0.6) is 0 Å². The molecule has 1 aliphatic heterocycles. The first-order valence-corrected chi connectivity index (χ1v) is 7.99. The van der Waals surface area contributed by atoms with Gasteiger partial charge in [-0.05, 0) is 18.1 Å². The van der Waals surface area contributed by atoms with Crippen LogP contribution in [0, 0.1) is 0 Å². The van der Waals surface area contributed by atoms with Crippen molar-refractivity contribution < 1.29 is 9.53 Å². The van der Waals surface area contributed by atoms with E-state index >= 15 is 0 Å². The maximum Gasteiger partial charge on any atom is 0.325 e. The zero-order valence-corrected chi connectivity index (χ0v) is 13.3. The zero-order chi connectivity index (χ0) is 16.1. The van der Waals surface area contributed by atoms with Gasteiger partial charge in [-0.15, -0.1) is 0 Å². The maximum absolute atomic E-state index is 12.1. The number of hydrogen-bond donors (Lipinski definition) is 0. The first-order chi connectivity index (χ1) is 11.3. The van der Waals surface area contributed by atoms with Gasteiger partial charge in [0.15, 0.2) is 0 Å². The van der Waals surface area contributed by atoms with E-state index in [0.29, 0.717) is 6.61 Å². The van der Waals surface area contributed by atoms with E-state index in [1.807, 2.05) is 43.3 Å². The molecule has 0 N–H and O–H groups in total. The molecule has 1 aliphatic rings. The number of hydrogen-bond acceptors (Lipinski definition) is 3. The van der Waals surface area contributed by atoms with E-state index in [0.717, 1.165) is 12.1 Å². The van der Waals surface area contributed by atoms with Gasteiger partial charge in [0.1, 0.15) is 6.04 Å². The lowest BCUT2D eigenvalue weighted by molar-refractivity contribution is -0.143. The Morgan fingerprint density at radius 2 is 1.74 bits per heavy atom. The molecule has 0 aromatic heterocycles. The molecule has 1 fully saturated rings. The third kappa shape index (κ3) is 3.88. The van der Waals surface area contributed by atoms with Crippen molar-refractivity contribution in [2.45, 2.75) is 25.6 Å². The van der Waals surface area contributed by atoms with E-state index in [1.165, 1.54) is 5.56 Å². The van der Waals surface area contributed by atoms with Crippen LogP contribution in [0.2, 0.25) is 0 Å². The zero-order valence-electron chi connectivity index (χ0n) is 13.3. The Morgan fingerprint density at radius 1 is 1.09 bits per heavy atom. The molecular weight excluding hydrogens is 286 g/mol.